The fourth-order valence-electron chi connectivity index (χ4n) is 1.26. The third-order valence-electron chi connectivity index (χ3n) is 2.53. The van der Waals surface area contributed by atoms with Gasteiger partial charge in [-0.2, -0.15) is 11.8 Å². The topological polar surface area (TPSA) is 75.4 Å². The van der Waals surface area contributed by atoms with Crippen LogP contribution in [0.25, 0.3) is 0 Å². The summed E-state index contributed by atoms with van der Waals surface area (Å²) in [6, 6.07) is -0.453. The van der Waals surface area contributed by atoms with Gasteiger partial charge in [0, 0.05) is 5.75 Å². The molecule has 1 rings (SSSR count). The largest absolute Gasteiger partial charge is 0.394 e. The zero-order chi connectivity index (χ0) is 11.3. The number of amides is 1. The van der Waals surface area contributed by atoms with Crippen molar-refractivity contribution in [2.45, 2.75) is 37.8 Å². The van der Waals surface area contributed by atoms with Crippen molar-refractivity contribution in [1.82, 2.24) is 5.32 Å². The maximum absolute atomic E-state index is 11.6. The lowest BCUT2D eigenvalue weighted by molar-refractivity contribution is -0.123. The van der Waals surface area contributed by atoms with Gasteiger partial charge in [0.1, 0.15) is 0 Å². The molecule has 1 unspecified atom stereocenters. The Morgan fingerprint density at radius 2 is 2.33 bits per heavy atom. The van der Waals surface area contributed by atoms with E-state index in [1.54, 1.807) is 11.8 Å². The second kappa shape index (κ2) is 5.72. The molecule has 0 aromatic carbocycles. The molecule has 4 nitrogen and oxygen atoms in total. The summed E-state index contributed by atoms with van der Waals surface area (Å²) in [5, 5.41) is 11.9. The van der Waals surface area contributed by atoms with E-state index >= 15 is 0 Å². The van der Waals surface area contributed by atoms with Crippen LogP contribution in [0.3, 0.4) is 0 Å². The molecule has 5 heteroatoms. The molecule has 1 aliphatic rings. The molecule has 0 radical (unpaired) electrons. The van der Waals surface area contributed by atoms with E-state index in [2.05, 4.69) is 12.2 Å². The van der Waals surface area contributed by atoms with E-state index < -0.39 is 6.04 Å². The van der Waals surface area contributed by atoms with E-state index in [1.165, 1.54) is 0 Å². The van der Waals surface area contributed by atoms with E-state index in [4.69, 9.17) is 10.8 Å². The van der Waals surface area contributed by atoms with E-state index in [0.29, 0.717) is 5.75 Å². The highest BCUT2D eigenvalue weighted by Gasteiger charge is 2.43. The van der Waals surface area contributed by atoms with Crippen LogP contribution in [0.4, 0.5) is 0 Å². The van der Waals surface area contributed by atoms with Crippen LogP contribution in [0.5, 0.6) is 0 Å². The van der Waals surface area contributed by atoms with E-state index in [0.717, 1.165) is 25.0 Å². The Balaban J connectivity index is 2.21. The van der Waals surface area contributed by atoms with Crippen LogP contribution >= 0.6 is 11.8 Å². The Kier molecular flexibility index (Phi) is 4.89. The maximum Gasteiger partial charge on any atom is 0.238 e. The molecule has 0 bridgehead atoms. The van der Waals surface area contributed by atoms with Crippen molar-refractivity contribution in [1.29, 1.82) is 0 Å². The summed E-state index contributed by atoms with van der Waals surface area (Å²) >= 11 is 1.70. The number of carbonyl (C=O) groups excluding carboxylic acids is 1. The van der Waals surface area contributed by atoms with Gasteiger partial charge in [-0.05, 0) is 25.0 Å². The van der Waals surface area contributed by atoms with E-state index in [1.807, 2.05) is 0 Å². The van der Waals surface area contributed by atoms with Crippen molar-refractivity contribution in [2.75, 3.05) is 18.1 Å². The Labute approximate surface area is 95.0 Å². The van der Waals surface area contributed by atoms with Gasteiger partial charge in [-0.25, -0.2) is 0 Å². The fraction of sp³-hybridized carbons (Fsp3) is 0.900. The molecule has 0 aromatic heterocycles. The van der Waals surface area contributed by atoms with Crippen LogP contribution in [0.15, 0.2) is 0 Å². The molecule has 1 saturated carbocycles. The summed E-state index contributed by atoms with van der Waals surface area (Å²) in [6.07, 6.45) is 2.83. The third kappa shape index (κ3) is 4.01. The predicted octanol–water partition coefficient (Wildman–Crippen LogP) is 0.0980. The zero-order valence-corrected chi connectivity index (χ0v) is 9.98. The molecule has 0 heterocycles. The highest BCUT2D eigenvalue weighted by atomic mass is 32.2. The van der Waals surface area contributed by atoms with Crippen LogP contribution in [0.1, 0.15) is 26.2 Å². The number of hydrogen-bond acceptors (Lipinski definition) is 4. The van der Waals surface area contributed by atoms with E-state index in [9.17, 15) is 4.79 Å². The number of carbonyl (C=O) groups is 1. The molecule has 0 aromatic rings. The second-order valence-corrected chi connectivity index (χ2v) is 5.26. The first-order chi connectivity index (χ1) is 7.13. The minimum atomic E-state index is -0.453. The van der Waals surface area contributed by atoms with Gasteiger partial charge >= 0.3 is 0 Å². The molecule has 4 N–H and O–H groups in total. The average Bonchev–Trinajstić information content (AvgIpc) is 2.98. The van der Waals surface area contributed by atoms with Crippen molar-refractivity contribution in [2.24, 2.45) is 5.73 Å². The quantitative estimate of drug-likeness (QED) is 0.544. The minimum absolute atomic E-state index is 0.0214. The maximum atomic E-state index is 11.6. The summed E-state index contributed by atoms with van der Waals surface area (Å²) in [7, 11) is 0. The Hall–Kier alpha value is -0.260. The predicted molar refractivity (Wildman–Crippen MR) is 62.8 cm³/mol. The lowest BCUT2D eigenvalue weighted by atomic mass is 10.2. The van der Waals surface area contributed by atoms with Gasteiger partial charge in [-0.15, -0.1) is 0 Å². The molecule has 15 heavy (non-hydrogen) atoms. The Morgan fingerprint density at radius 3 is 2.80 bits per heavy atom. The number of aliphatic hydroxyl groups excluding tert-OH is 1. The lowest BCUT2D eigenvalue weighted by Crippen LogP contribution is -2.49. The van der Waals surface area contributed by atoms with Crippen molar-refractivity contribution in [3.8, 4) is 0 Å². The summed E-state index contributed by atoms with van der Waals surface area (Å²) in [5.74, 6) is 1.55. The first-order valence-corrected chi connectivity index (χ1v) is 6.55. The number of nitrogens with one attached hydrogen (secondary N) is 1. The van der Waals surface area contributed by atoms with Crippen LogP contribution < -0.4 is 11.1 Å². The lowest BCUT2D eigenvalue weighted by Gasteiger charge is -2.17. The summed E-state index contributed by atoms with van der Waals surface area (Å²) in [6.45, 7) is 2.12. The van der Waals surface area contributed by atoms with Crippen molar-refractivity contribution >= 4 is 17.7 Å². The molecule has 0 aliphatic heterocycles. The van der Waals surface area contributed by atoms with Gasteiger partial charge in [0.2, 0.25) is 5.91 Å². The smallest absolute Gasteiger partial charge is 0.238 e. The monoisotopic (exact) mass is 232 g/mol. The molecular weight excluding hydrogens is 212 g/mol. The molecule has 1 aliphatic carbocycles. The van der Waals surface area contributed by atoms with E-state index in [-0.39, 0.29) is 18.1 Å². The summed E-state index contributed by atoms with van der Waals surface area (Å²) < 4.78 is 0. The average molecular weight is 232 g/mol. The van der Waals surface area contributed by atoms with Crippen molar-refractivity contribution < 1.29 is 9.90 Å². The van der Waals surface area contributed by atoms with Gasteiger partial charge in [0.25, 0.3) is 0 Å². The van der Waals surface area contributed by atoms with Crippen molar-refractivity contribution in [3.05, 3.63) is 0 Å². The first kappa shape index (κ1) is 12.8. The van der Waals surface area contributed by atoms with Crippen LogP contribution in [-0.2, 0) is 4.79 Å². The Morgan fingerprint density at radius 1 is 1.67 bits per heavy atom. The normalized spacial score (nSPS) is 19.7. The molecule has 0 spiro atoms. The highest BCUT2D eigenvalue weighted by molar-refractivity contribution is 7.99. The standard InChI is InChI=1S/C10H20N2O2S/c1-2-5-15-6-8(11)9(14)12-10(7-13)3-4-10/h8,13H,2-7,11H2,1H3,(H,12,14). The molecular formula is C10H20N2O2S. The van der Waals surface area contributed by atoms with Gasteiger partial charge < -0.3 is 16.2 Å². The molecule has 0 saturated heterocycles. The number of hydrogen-bond donors (Lipinski definition) is 3. The van der Waals surface area contributed by atoms with Crippen LogP contribution in [0, 0.1) is 0 Å². The molecule has 88 valence electrons. The number of thioether (sulfide) groups is 1. The van der Waals surface area contributed by atoms with Gasteiger partial charge in [0.05, 0.1) is 18.2 Å². The van der Waals surface area contributed by atoms with Gasteiger partial charge in [-0.3, -0.25) is 4.79 Å². The minimum Gasteiger partial charge on any atom is -0.394 e. The zero-order valence-electron chi connectivity index (χ0n) is 9.16. The number of aliphatic hydroxyl groups is 1. The molecule has 1 atom stereocenters. The van der Waals surface area contributed by atoms with Crippen LogP contribution in [-0.4, -0.2) is 40.7 Å². The molecule has 1 fully saturated rings. The van der Waals surface area contributed by atoms with Crippen LogP contribution in [0.2, 0.25) is 0 Å². The third-order valence-corrected chi connectivity index (χ3v) is 3.82. The molecule has 1 amide bonds. The van der Waals surface area contributed by atoms with Gasteiger partial charge in [0.15, 0.2) is 0 Å². The number of rotatable bonds is 7. The fourth-order valence-corrected chi connectivity index (χ4v) is 2.12. The summed E-state index contributed by atoms with van der Waals surface area (Å²) in [5.41, 5.74) is 5.39. The highest BCUT2D eigenvalue weighted by Crippen LogP contribution is 2.34. The first-order valence-electron chi connectivity index (χ1n) is 5.40. The summed E-state index contributed by atoms with van der Waals surface area (Å²) in [4.78, 5) is 11.6. The van der Waals surface area contributed by atoms with Gasteiger partial charge in [-0.1, -0.05) is 6.92 Å². The number of nitrogens with two attached hydrogens (primary N) is 1. The SMILES string of the molecule is CCCSCC(N)C(=O)NC1(CO)CC1. The van der Waals surface area contributed by atoms with Crippen molar-refractivity contribution in [3.63, 3.8) is 0 Å². The second-order valence-electron chi connectivity index (χ2n) is 4.11. The Bertz CT molecular complexity index is 219.